The topological polar surface area (TPSA) is 114 Å². The number of piperazine rings is 1. The van der Waals surface area contributed by atoms with Gasteiger partial charge in [0.15, 0.2) is 0 Å². The summed E-state index contributed by atoms with van der Waals surface area (Å²) >= 11 is 6.39. The number of nitrogens with zero attached hydrogens (tertiary/aromatic N) is 5. The average Bonchev–Trinajstić information content (AvgIpc) is 2.82. The van der Waals surface area contributed by atoms with Crippen LogP contribution >= 0.6 is 11.6 Å². The second-order valence-electron chi connectivity index (χ2n) is 7.48. The largest absolute Gasteiger partial charge is 0.366 e. The predicted octanol–water partition coefficient (Wildman–Crippen LogP) is 2.55. The number of halogens is 1. The van der Waals surface area contributed by atoms with Crippen LogP contribution in [0.3, 0.4) is 0 Å². The number of carbonyl (C=O) groups is 1. The zero-order chi connectivity index (χ0) is 23.4. The number of benzene rings is 2. The molecule has 2 aromatic carbocycles. The molecule has 1 aliphatic rings. The smallest absolute Gasteiger partial charge is 0.292 e. The van der Waals surface area contributed by atoms with Gasteiger partial charge in [0.25, 0.3) is 11.2 Å². The van der Waals surface area contributed by atoms with E-state index >= 15 is 0 Å². The Hall–Kier alpha value is -3.76. The summed E-state index contributed by atoms with van der Waals surface area (Å²) in [5.74, 6) is -0.331. The average molecular weight is 469 g/mol. The first-order valence-corrected chi connectivity index (χ1v) is 10.7. The van der Waals surface area contributed by atoms with Gasteiger partial charge in [-0.1, -0.05) is 41.9 Å². The third-order valence-corrected chi connectivity index (χ3v) is 5.71. The van der Waals surface area contributed by atoms with E-state index in [0.29, 0.717) is 37.6 Å². The Kier molecular flexibility index (Phi) is 6.66. The minimum absolute atomic E-state index is 0.0939. The quantitative estimate of drug-likeness (QED) is 0.436. The van der Waals surface area contributed by atoms with Gasteiger partial charge in [-0.25, -0.2) is 0 Å². The summed E-state index contributed by atoms with van der Waals surface area (Å²) in [6.07, 6.45) is 1.58. The van der Waals surface area contributed by atoms with Crippen LogP contribution in [-0.4, -0.2) is 58.2 Å². The minimum Gasteiger partial charge on any atom is -0.366 e. The highest BCUT2D eigenvalue weighted by atomic mass is 35.5. The number of nitrogens with one attached hydrogen (secondary N) is 1. The van der Waals surface area contributed by atoms with Crippen LogP contribution in [0.15, 0.2) is 65.6 Å². The lowest BCUT2D eigenvalue weighted by Gasteiger charge is -2.35. The predicted molar refractivity (Wildman–Crippen MR) is 125 cm³/mol. The van der Waals surface area contributed by atoms with Crippen LogP contribution < -0.4 is 15.8 Å². The number of anilines is 2. The molecule has 1 N–H and O–H groups in total. The molecule has 0 saturated carbocycles. The van der Waals surface area contributed by atoms with Gasteiger partial charge in [-0.05, 0) is 18.2 Å². The lowest BCUT2D eigenvalue weighted by Crippen LogP contribution is -2.49. The number of carbonyl (C=O) groups excluding carboxylic acids is 1. The Morgan fingerprint density at radius 3 is 2.42 bits per heavy atom. The summed E-state index contributed by atoms with van der Waals surface area (Å²) in [4.78, 5) is 39.6. The van der Waals surface area contributed by atoms with E-state index in [0.717, 1.165) is 0 Å². The second kappa shape index (κ2) is 9.80. The van der Waals surface area contributed by atoms with E-state index in [-0.39, 0.29) is 28.8 Å². The summed E-state index contributed by atoms with van der Waals surface area (Å²) in [5.41, 5.74) is 0.806. The van der Waals surface area contributed by atoms with Crippen LogP contribution in [0.4, 0.5) is 17.1 Å². The Morgan fingerprint density at radius 2 is 1.73 bits per heavy atom. The van der Waals surface area contributed by atoms with Crippen molar-refractivity contribution in [3.63, 3.8) is 0 Å². The molecular weight excluding hydrogens is 448 g/mol. The van der Waals surface area contributed by atoms with Crippen LogP contribution in [-0.2, 0) is 4.79 Å². The number of hydrogen-bond donors (Lipinski definition) is 1. The van der Waals surface area contributed by atoms with Crippen molar-refractivity contribution in [1.82, 2.24) is 14.7 Å². The van der Waals surface area contributed by atoms with Crippen molar-refractivity contribution in [2.45, 2.75) is 0 Å². The van der Waals surface area contributed by atoms with E-state index in [1.54, 1.807) is 30.5 Å². The molecule has 1 amide bonds. The maximum atomic E-state index is 12.7. The van der Waals surface area contributed by atoms with Gasteiger partial charge in [0.2, 0.25) is 5.91 Å². The normalized spacial score (nSPS) is 14.2. The molecule has 3 aromatic rings. The Morgan fingerprint density at radius 1 is 1.06 bits per heavy atom. The van der Waals surface area contributed by atoms with Gasteiger partial charge < -0.3 is 10.2 Å². The second-order valence-corrected chi connectivity index (χ2v) is 7.86. The molecule has 0 unspecified atom stereocenters. The molecule has 0 aliphatic carbocycles. The Bertz CT molecular complexity index is 1230. The summed E-state index contributed by atoms with van der Waals surface area (Å²) < 4.78 is 1.26. The summed E-state index contributed by atoms with van der Waals surface area (Å²) in [6.45, 7) is 2.32. The van der Waals surface area contributed by atoms with E-state index in [2.05, 4.69) is 10.4 Å². The highest BCUT2D eigenvalue weighted by Gasteiger charge is 2.23. The number of aromatic nitrogens is 2. The maximum Gasteiger partial charge on any atom is 0.292 e. The molecular formula is C22H21ClN6O4. The maximum absolute atomic E-state index is 12.7. The lowest BCUT2D eigenvalue weighted by molar-refractivity contribution is -0.383. The van der Waals surface area contributed by atoms with E-state index in [4.69, 9.17) is 11.6 Å². The number of rotatable bonds is 6. The number of hydrogen-bond acceptors (Lipinski definition) is 7. The molecule has 10 nitrogen and oxygen atoms in total. The van der Waals surface area contributed by atoms with Gasteiger partial charge in [0.05, 0.1) is 29.0 Å². The van der Waals surface area contributed by atoms with Gasteiger partial charge in [0.1, 0.15) is 10.7 Å². The SMILES string of the molecule is O=C(CN1CCN(c2cnn(-c3ccccc3)c(=O)c2Cl)CC1)Nc1ccccc1[N+](=O)[O-]. The van der Waals surface area contributed by atoms with Crippen LogP contribution in [0.25, 0.3) is 5.69 Å². The number of nitro groups is 1. The number of para-hydroxylation sites is 3. The fraction of sp³-hybridized carbons (Fsp3) is 0.227. The standard InChI is InChI=1S/C22H21ClN6O4/c23-21-19(14-24-28(22(21)31)16-6-2-1-3-7-16)27-12-10-26(11-13-27)15-20(30)25-17-8-4-5-9-18(17)29(32)33/h1-9,14H,10-13,15H2,(H,25,30). The molecule has 1 aliphatic heterocycles. The van der Waals surface area contributed by atoms with Crippen LogP contribution in [0.5, 0.6) is 0 Å². The number of amides is 1. The first kappa shape index (κ1) is 22.4. The van der Waals surface area contributed by atoms with Gasteiger partial charge >= 0.3 is 0 Å². The molecule has 4 rings (SSSR count). The summed E-state index contributed by atoms with van der Waals surface area (Å²) in [6, 6.07) is 15.1. The third kappa shape index (κ3) is 5.02. The molecule has 0 atom stereocenters. The first-order chi connectivity index (χ1) is 15.9. The van der Waals surface area contributed by atoms with Crippen molar-refractivity contribution in [3.05, 3.63) is 86.3 Å². The molecule has 1 saturated heterocycles. The van der Waals surface area contributed by atoms with Gasteiger partial charge in [0, 0.05) is 32.2 Å². The van der Waals surface area contributed by atoms with Gasteiger partial charge in [-0.15, -0.1) is 0 Å². The van der Waals surface area contributed by atoms with Crippen LogP contribution in [0.1, 0.15) is 0 Å². The van der Waals surface area contributed by atoms with Crippen LogP contribution in [0, 0.1) is 10.1 Å². The fourth-order valence-corrected chi connectivity index (χ4v) is 3.92. The molecule has 170 valence electrons. The molecule has 0 bridgehead atoms. The van der Waals surface area contributed by atoms with Crippen LogP contribution in [0.2, 0.25) is 5.02 Å². The van der Waals surface area contributed by atoms with Gasteiger partial charge in [-0.2, -0.15) is 9.78 Å². The van der Waals surface area contributed by atoms with Crippen molar-refractivity contribution >= 4 is 34.6 Å². The minimum atomic E-state index is -0.530. The van der Waals surface area contributed by atoms with Crippen molar-refractivity contribution < 1.29 is 9.72 Å². The van der Waals surface area contributed by atoms with E-state index < -0.39 is 10.5 Å². The van der Waals surface area contributed by atoms with Crippen molar-refractivity contribution in [3.8, 4) is 5.69 Å². The van der Waals surface area contributed by atoms with Crippen molar-refractivity contribution in [2.24, 2.45) is 0 Å². The fourth-order valence-electron chi connectivity index (χ4n) is 3.68. The van der Waals surface area contributed by atoms with E-state index in [1.807, 2.05) is 28.0 Å². The first-order valence-electron chi connectivity index (χ1n) is 10.3. The Labute approximate surface area is 194 Å². The highest BCUT2D eigenvalue weighted by molar-refractivity contribution is 6.33. The van der Waals surface area contributed by atoms with E-state index in [9.17, 15) is 19.7 Å². The molecule has 1 fully saturated rings. The Balaban J connectivity index is 1.37. The van der Waals surface area contributed by atoms with E-state index in [1.165, 1.54) is 16.8 Å². The lowest BCUT2D eigenvalue weighted by atomic mass is 10.2. The van der Waals surface area contributed by atoms with Crippen molar-refractivity contribution in [2.75, 3.05) is 42.9 Å². The summed E-state index contributed by atoms with van der Waals surface area (Å²) in [7, 11) is 0. The molecule has 0 spiro atoms. The van der Waals surface area contributed by atoms with Gasteiger partial charge in [-0.3, -0.25) is 24.6 Å². The molecule has 2 heterocycles. The molecule has 1 aromatic heterocycles. The molecule has 0 radical (unpaired) electrons. The van der Waals surface area contributed by atoms with Crippen molar-refractivity contribution in [1.29, 1.82) is 0 Å². The molecule has 11 heteroatoms. The summed E-state index contributed by atoms with van der Waals surface area (Å²) in [5, 5.41) is 18.1. The third-order valence-electron chi connectivity index (χ3n) is 5.36. The monoisotopic (exact) mass is 468 g/mol. The molecule has 33 heavy (non-hydrogen) atoms. The number of nitro benzene ring substituents is 1. The zero-order valence-electron chi connectivity index (χ0n) is 17.6. The zero-order valence-corrected chi connectivity index (χ0v) is 18.3. The highest BCUT2D eigenvalue weighted by Crippen LogP contribution is 2.24.